The average molecular weight is 407 g/mol. The topological polar surface area (TPSA) is 70.9 Å². The molecule has 0 spiro atoms. The summed E-state index contributed by atoms with van der Waals surface area (Å²) in [5, 5.41) is 14.4. The van der Waals surface area contributed by atoms with Crippen molar-refractivity contribution in [3.05, 3.63) is 48.6 Å². The van der Waals surface area contributed by atoms with Crippen molar-refractivity contribution in [2.24, 2.45) is 0 Å². The second-order valence-electron chi connectivity index (χ2n) is 4.06. The molecule has 0 saturated heterocycles. The van der Waals surface area contributed by atoms with Gasteiger partial charge in [0.2, 0.25) is 0 Å². The minimum Gasteiger partial charge on any atom is -0.506 e. The quantitative estimate of drug-likeness (QED) is 0.673. The summed E-state index contributed by atoms with van der Waals surface area (Å²) in [6, 6.07) is 6.14. The third kappa shape index (κ3) is 2.74. The van der Waals surface area contributed by atoms with Crippen LogP contribution in [0.5, 0.6) is 5.75 Å². The Kier molecular flexibility index (Phi) is 3.83. The van der Waals surface area contributed by atoms with E-state index in [0.29, 0.717) is 20.1 Å². The molecule has 21 heavy (non-hydrogen) atoms. The highest BCUT2D eigenvalue weighted by molar-refractivity contribution is 9.10. The number of aromatic hydroxyl groups is 1. The Hall–Kier alpha value is -1.28. The van der Waals surface area contributed by atoms with Crippen molar-refractivity contribution in [1.29, 1.82) is 0 Å². The van der Waals surface area contributed by atoms with Crippen molar-refractivity contribution in [3.63, 3.8) is 0 Å². The monoisotopic (exact) mass is 405 g/mol. The normalized spacial score (nSPS) is 11.0. The van der Waals surface area contributed by atoms with Crippen LogP contribution in [0.2, 0.25) is 9.36 Å². The molecule has 0 amide bonds. The number of phenolic OH excluding ortho intramolecular Hbond substituents is 1. The Morgan fingerprint density at radius 3 is 2.76 bits per heavy atom. The third-order valence-electron chi connectivity index (χ3n) is 2.66. The van der Waals surface area contributed by atoms with Crippen LogP contribution in [-0.2, 0) is 0 Å². The summed E-state index contributed by atoms with van der Waals surface area (Å²) in [7, 11) is 0. The zero-order valence-electron chi connectivity index (χ0n) is 10.1. The molecule has 2 aromatic heterocycles. The van der Waals surface area contributed by atoms with Gasteiger partial charge in [0.15, 0.2) is 5.82 Å². The van der Waals surface area contributed by atoms with Crippen molar-refractivity contribution in [3.8, 4) is 22.1 Å². The number of benzene rings is 1. The largest absolute Gasteiger partial charge is 0.506 e. The van der Waals surface area contributed by atoms with Gasteiger partial charge in [-0.25, -0.2) is 4.79 Å². The molecule has 9 heteroatoms. The maximum atomic E-state index is 12.0. The molecule has 0 saturated carbocycles. The van der Waals surface area contributed by atoms with Gasteiger partial charge in [0.05, 0.1) is 4.88 Å². The molecule has 108 valence electrons. The summed E-state index contributed by atoms with van der Waals surface area (Å²) in [5.41, 5.74) is -0.278. The number of halogens is 3. The minimum absolute atomic E-state index is 0.0926. The number of thiophene rings is 1. The molecule has 3 aromatic rings. The lowest BCUT2D eigenvalue weighted by atomic mass is 10.3. The van der Waals surface area contributed by atoms with E-state index in [-0.39, 0.29) is 11.4 Å². The number of phenols is 1. The van der Waals surface area contributed by atoms with Gasteiger partial charge in [-0.05, 0) is 40.2 Å². The van der Waals surface area contributed by atoms with E-state index >= 15 is 0 Å². The van der Waals surface area contributed by atoms with E-state index in [4.69, 9.17) is 23.2 Å². The molecule has 0 bridgehead atoms. The number of rotatable bonds is 2. The molecule has 0 radical (unpaired) electrons. The number of nitrogens with one attached hydrogen (secondary N) is 1. The van der Waals surface area contributed by atoms with Crippen LogP contribution in [0, 0.1) is 0 Å². The molecule has 2 N–H and O–H groups in total. The molecule has 0 unspecified atom stereocenters. The summed E-state index contributed by atoms with van der Waals surface area (Å²) in [6.07, 6.45) is 0. The van der Waals surface area contributed by atoms with Crippen LogP contribution in [0.15, 0.2) is 33.5 Å². The first-order valence-electron chi connectivity index (χ1n) is 5.59. The Labute approximate surface area is 140 Å². The van der Waals surface area contributed by atoms with Crippen LogP contribution in [0.25, 0.3) is 16.4 Å². The third-order valence-corrected chi connectivity index (χ3v) is 5.38. The molecule has 0 aliphatic rings. The smallest absolute Gasteiger partial charge is 0.348 e. The fraction of sp³-hybridized carbons (Fsp3) is 0. The first kappa shape index (κ1) is 14.6. The van der Waals surface area contributed by atoms with Gasteiger partial charge < -0.3 is 5.11 Å². The maximum Gasteiger partial charge on any atom is 0.348 e. The predicted octanol–water partition coefficient (Wildman–Crippen LogP) is 4.06. The summed E-state index contributed by atoms with van der Waals surface area (Å²) in [6.45, 7) is 0. The lowest BCUT2D eigenvalue weighted by Crippen LogP contribution is -2.16. The van der Waals surface area contributed by atoms with Gasteiger partial charge in [-0.1, -0.05) is 23.2 Å². The summed E-state index contributed by atoms with van der Waals surface area (Å²) >= 11 is 16.4. The van der Waals surface area contributed by atoms with Gasteiger partial charge >= 0.3 is 5.69 Å². The number of aromatic amines is 1. The maximum absolute atomic E-state index is 12.0. The fourth-order valence-corrected chi connectivity index (χ4v) is 3.54. The van der Waals surface area contributed by atoms with Crippen LogP contribution in [-0.4, -0.2) is 19.9 Å². The second-order valence-corrected chi connectivity index (χ2v) is 7.00. The molecule has 3 rings (SSSR count). The number of aromatic nitrogens is 3. The van der Waals surface area contributed by atoms with E-state index in [2.05, 4.69) is 26.0 Å². The van der Waals surface area contributed by atoms with Gasteiger partial charge in [-0.15, -0.1) is 16.4 Å². The molecule has 0 aliphatic heterocycles. The Morgan fingerprint density at radius 2 is 2.10 bits per heavy atom. The second kappa shape index (κ2) is 5.49. The van der Waals surface area contributed by atoms with E-state index in [9.17, 15) is 9.90 Å². The molecule has 2 heterocycles. The van der Waals surface area contributed by atoms with Gasteiger partial charge in [0.25, 0.3) is 0 Å². The Morgan fingerprint density at radius 1 is 1.33 bits per heavy atom. The standard InChI is InChI=1S/C12H6BrCl2N3O2S/c13-6-4-9(21-10(6)15)11-16-12(20)18(17-11)7-3-5(14)1-2-8(7)19/h1-4,19H,(H,16,17,20). The van der Waals surface area contributed by atoms with E-state index in [1.54, 1.807) is 6.07 Å². The van der Waals surface area contributed by atoms with E-state index in [0.717, 1.165) is 9.15 Å². The first-order valence-corrected chi connectivity index (χ1v) is 7.95. The van der Waals surface area contributed by atoms with Crippen molar-refractivity contribution in [2.45, 2.75) is 0 Å². The lowest BCUT2D eigenvalue weighted by Gasteiger charge is -2.02. The van der Waals surface area contributed by atoms with Crippen molar-refractivity contribution < 1.29 is 5.11 Å². The Balaban J connectivity index is 2.14. The highest BCUT2D eigenvalue weighted by Crippen LogP contribution is 2.36. The van der Waals surface area contributed by atoms with Crippen molar-refractivity contribution in [2.75, 3.05) is 0 Å². The number of H-pyrrole nitrogens is 1. The van der Waals surface area contributed by atoms with E-state index in [1.165, 1.54) is 29.5 Å². The highest BCUT2D eigenvalue weighted by Gasteiger charge is 2.15. The van der Waals surface area contributed by atoms with E-state index in [1.807, 2.05) is 0 Å². The zero-order valence-corrected chi connectivity index (χ0v) is 14.0. The fourth-order valence-electron chi connectivity index (χ4n) is 1.73. The number of hydrogen-bond acceptors (Lipinski definition) is 4. The minimum atomic E-state index is -0.483. The summed E-state index contributed by atoms with van der Waals surface area (Å²) in [4.78, 5) is 15.3. The molecular weight excluding hydrogens is 401 g/mol. The van der Waals surface area contributed by atoms with Crippen LogP contribution in [0.1, 0.15) is 0 Å². The number of hydrogen-bond donors (Lipinski definition) is 2. The molecule has 0 aliphatic carbocycles. The van der Waals surface area contributed by atoms with Gasteiger partial charge in [0.1, 0.15) is 15.8 Å². The molecule has 1 aromatic carbocycles. The molecular formula is C12H6BrCl2N3O2S. The van der Waals surface area contributed by atoms with Crippen molar-refractivity contribution >= 4 is 50.5 Å². The molecule has 0 atom stereocenters. The highest BCUT2D eigenvalue weighted by atomic mass is 79.9. The zero-order chi connectivity index (χ0) is 15.1. The average Bonchev–Trinajstić information content (AvgIpc) is 2.97. The number of nitrogens with zero attached hydrogens (tertiary/aromatic N) is 2. The predicted molar refractivity (Wildman–Crippen MR) is 86.9 cm³/mol. The molecule has 0 fully saturated rings. The van der Waals surface area contributed by atoms with Gasteiger partial charge in [-0.2, -0.15) is 4.68 Å². The Bertz CT molecular complexity index is 868. The van der Waals surface area contributed by atoms with E-state index < -0.39 is 5.69 Å². The molecule has 5 nitrogen and oxygen atoms in total. The van der Waals surface area contributed by atoms with Gasteiger partial charge in [0, 0.05) is 9.50 Å². The van der Waals surface area contributed by atoms with Crippen molar-refractivity contribution in [1.82, 2.24) is 14.8 Å². The van der Waals surface area contributed by atoms with Crippen LogP contribution in [0.3, 0.4) is 0 Å². The van der Waals surface area contributed by atoms with Gasteiger partial charge in [-0.3, -0.25) is 4.98 Å². The summed E-state index contributed by atoms with van der Waals surface area (Å²) in [5.74, 6) is 0.266. The first-order chi connectivity index (χ1) is 9.95. The van der Waals surface area contributed by atoms with Crippen LogP contribution in [0.4, 0.5) is 0 Å². The SMILES string of the molecule is O=c1[nH]c(-c2cc(Br)c(Cl)s2)nn1-c1cc(Cl)ccc1O. The van der Waals surface area contributed by atoms with Crippen LogP contribution < -0.4 is 5.69 Å². The summed E-state index contributed by atoms with van der Waals surface area (Å²) < 4.78 is 2.34. The van der Waals surface area contributed by atoms with Crippen LogP contribution >= 0.6 is 50.5 Å². The lowest BCUT2D eigenvalue weighted by molar-refractivity contribution is 0.470.